The molecular formula is C10H10N2O. The highest BCUT2D eigenvalue weighted by Gasteiger charge is 2.02. The highest BCUT2D eigenvalue weighted by Crippen LogP contribution is 2.27. The Labute approximate surface area is 76.0 Å². The fraction of sp³-hybridized carbons (Fsp3) is 0. The van der Waals surface area contributed by atoms with Crippen LogP contribution in [0.4, 0.5) is 11.4 Å². The highest BCUT2D eigenvalue weighted by molar-refractivity contribution is 5.78. The molecule has 1 aromatic carbocycles. The Balaban J connectivity index is 2.53. The molecule has 0 spiro atoms. The third kappa shape index (κ3) is 1.36. The summed E-state index contributed by atoms with van der Waals surface area (Å²) in [5, 5.41) is 0. The zero-order valence-electron chi connectivity index (χ0n) is 7.03. The maximum absolute atomic E-state index is 5.79. The van der Waals surface area contributed by atoms with Crippen LogP contribution in [-0.4, -0.2) is 0 Å². The van der Waals surface area contributed by atoms with Crippen molar-refractivity contribution in [1.82, 2.24) is 0 Å². The Morgan fingerprint density at radius 1 is 1.08 bits per heavy atom. The van der Waals surface area contributed by atoms with Crippen molar-refractivity contribution >= 4 is 11.4 Å². The molecule has 0 bridgehead atoms. The Morgan fingerprint density at radius 3 is 2.54 bits per heavy atom. The van der Waals surface area contributed by atoms with Crippen LogP contribution in [0.1, 0.15) is 0 Å². The van der Waals surface area contributed by atoms with E-state index in [2.05, 4.69) is 0 Å². The van der Waals surface area contributed by atoms with Crippen molar-refractivity contribution in [3.63, 3.8) is 0 Å². The first-order valence-corrected chi connectivity index (χ1v) is 3.95. The second kappa shape index (κ2) is 2.86. The van der Waals surface area contributed by atoms with Gasteiger partial charge in [0.15, 0.2) is 0 Å². The molecule has 1 aromatic heterocycles. The van der Waals surface area contributed by atoms with Crippen molar-refractivity contribution in [3.05, 3.63) is 36.8 Å². The van der Waals surface area contributed by atoms with Gasteiger partial charge in [0.05, 0.1) is 12.5 Å². The van der Waals surface area contributed by atoms with E-state index in [4.69, 9.17) is 15.9 Å². The van der Waals surface area contributed by atoms with Gasteiger partial charge in [0.25, 0.3) is 0 Å². The lowest BCUT2D eigenvalue weighted by molar-refractivity contribution is 0.568. The Kier molecular flexibility index (Phi) is 1.70. The number of hydrogen-bond donors (Lipinski definition) is 2. The van der Waals surface area contributed by atoms with Crippen LogP contribution in [0.15, 0.2) is 41.2 Å². The molecule has 0 fully saturated rings. The lowest BCUT2D eigenvalue weighted by Crippen LogP contribution is -1.92. The van der Waals surface area contributed by atoms with E-state index in [1.807, 2.05) is 18.2 Å². The van der Waals surface area contributed by atoms with E-state index in [0.717, 1.165) is 11.1 Å². The number of hydrogen-bond acceptors (Lipinski definition) is 3. The molecule has 0 amide bonds. The van der Waals surface area contributed by atoms with Gasteiger partial charge in [-0.25, -0.2) is 0 Å². The molecule has 4 N–H and O–H groups in total. The van der Waals surface area contributed by atoms with E-state index >= 15 is 0 Å². The van der Waals surface area contributed by atoms with Crippen LogP contribution in [0.2, 0.25) is 0 Å². The molecule has 3 heteroatoms. The molecule has 0 saturated carbocycles. The van der Waals surface area contributed by atoms with E-state index in [9.17, 15) is 0 Å². The molecule has 2 aromatic rings. The van der Waals surface area contributed by atoms with E-state index in [0.29, 0.717) is 11.4 Å². The van der Waals surface area contributed by atoms with Crippen LogP contribution in [0.3, 0.4) is 0 Å². The molecule has 0 radical (unpaired) electrons. The SMILES string of the molecule is Nc1ccc(-c2ccoc2)c(N)c1. The summed E-state index contributed by atoms with van der Waals surface area (Å²) in [6, 6.07) is 7.30. The van der Waals surface area contributed by atoms with Gasteiger partial charge in [-0.2, -0.15) is 0 Å². The predicted molar refractivity (Wildman–Crippen MR) is 53.0 cm³/mol. The number of furan rings is 1. The highest BCUT2D eigenvalue weighted by atomic mass is 16.3. The summed E-state index contributed by atoms with van der Waals surface area (Å²) < 4.78 is 4.97. The molecule has 66 valence electrons. The van der Waals surface area contributed by atoms with Crippen LogP contribution in [-0.2, 0) is 0 Å². The molecule has 3 nitrogen and oxygen atoms in total. The van der Waals surface area contributed by atoms with Gasteiger partial charge in [0.2, 0.25) is 0 Å². The summed E-state index contributed by atoms with van der Waals surface area (Å²) in [7, 11) is 0. The average Bonchev–Trinajstić information content (AvgIpc) is 2.56. The fourth-order valence-electron chi connectivity index (χ4n) is 1.26. The molecule has 0 atom stereocenters. The van der Waals surface area contributed by atoms with Crippen molar-refractivity contribution in [2.75, 3.05) is 11.5 Å². The Bertz CT molecular complexity index is 407. The molecule has 0 aliphatic carbocycles. The lowest BCUT2D eigenvalue weighted by atomic mass is 10.1. The number of benzene rings is 1. The second-order valence-electron chi connectivity index (χ2n) is 2.86. The summed E-state index contributed by atoms with van der Waals surface area (Å²) in [5.41, 5.74) is 14.6. The Hall–Kier alpha value is -1.90. The van der Waals surface area contributed by atoms with Gasteiger partial charge in [0.1, 0.15) is 0 Å². The lowest BCUT2D eigenvalue weighted by Gasteiger charge is -2.03. The van der Waals surface area contributed by atoms with Crippen molar-refractivity contribution in [2.24, 2.45) is 0 Å². The average molecular weight is 174 g/mol. The summed E-state index contributed by atoms with van der Waals surface area (Å²) in [5.74, 6) is 0. The van der Waals surface area contributed by atoms with Gasteiger partial charge < -0.3 is 15.9 Å². The van der Waals surface area contributed by atoms with E-state index in [-0.39, 0.29) is 0 Å². The van der Waals surface area contributed by atoms with Gasteiger partial charge in [-0.05, 0) is 18.2 Å². The Morgan fingerprint density at radius 2 is 1.92 bits per heavy atom. The van der Waals surface area contributed by atoms with E-state index in [1.165, 1.54) is 0 Å². The first-order valence-electron chi connectivity index (χ1n) is 3.95. The van der Waals surface area contributed by atoms with Crippen molar-refractivity contribution < 1.29 is 4.42 Å². The number of nitrogens with two attached hydrogens (primary N) is 2. The van der Waals surface area contributed by atoms with Crippen molar-refractivity contribution in [3.8, 4) is 11.1 Å². The van der Waals surface area contributed by atoms with Crippen LogP contribution >= 0.6 is 0 Å². The summed E-state index contributed by atoms with van der Waals surface area (Å²) in [6.45, 7) is 0. The van der Waals surface area contributed by atoms with E-state index < -0.39 is 0 Å². The topological polar surface area (TPSA) is 65.2 Å². The minimum Gasteiger partial charge on any atom is -0.472 e. The summed E-state index contributed by atoms with van der Waals surface area (Å²) in [4.78, 5) is 0. The molecular weight excluding hydrogens is 164 g/mol. The minimum atomic E-state index is 0.668. The summed E-state index contributed by atoms with van der Waals surface area (Å²) >= 11 is 0. The van der Waals surface area contributed by atoms with Gasteiger partial charge >= 0.3 is 0 Å². The molecule has 0 saturated heterocycles. The molecule has 1 heterocycles. The fourth-order valence-corrected chi connectivity index (χ4v) is 1.26. The first kappa shape index (κ1) is 7.73. The molecule has 0 aliphatic heterocycles. The quantitative estimate of drug-likeness (QED) is 0.651. The second-order valence-corrected chi connectivity index (χ2v) is 2.86. The number of rotatable bonds is 1. The van der Waals surface area contributed by atoms with Crippen LogP contribution in [0.5, 0.6) is 0 Å². The van der Waals surface area contributed by atoms with E-state index in [1.54, 1.807) is 18.6 Å². The van der Waals surface area contributed by atoms with Gasteiger partial charge in [-0.3, -0.25) is 0 Å². The molecule has 2 rings (SSSR count). The van der Waals surface area contributed by atoms with Crippen LogP contribution in [0, 0.1) is 0 Å². The normalized spacial score (nSPS) is 10.2. The third-order valence-electron chi connectivity index (χ3n) is 1.91. The van der Waals surface area contributed by atoms with Crippen molar-refractivity contribution in [1.29, 1.82) is 0 Å². The van der Waals surface area contributed by atoms with Crippen LogP contribution < -0.4 is 11.5 Å². The van der Waals surface area contributed by atoms with Gasteiger partial charge in [0, 0.05) is 22.5 Å². The molecule has 0 unspecified atom stereocenters. The molecule has 0 aliphatic rings. The number of anilines is 2. The maximum atomic E-state index is 5.79. The predicted octanol–water partition coefficient (Wildman–Crippen LogP) is 2.11. The zero-order chi connectivity index (χ0) is 9.26. The van der Waals surface area contributed by atoms with Crippen molar-refractivity contribution in [2.45, 2.75) is 0 Å². The minimum absolute atomic E-state index is 0.668. The third-order valence-corrected chi connectivity index (χ3v) is 1.91. The van der Waals surface area contributed by atoms with Crippen LogP contribution in [0.25, 0.3) is 11.1 Å². The first-order chi connectivity index (χ1) is 6.27. The monoisotopic (exact) mass is 174 g/mol. The standard InChI is InChI=1S/C10H10N2O/c11-8-1-2-9(10(12)5-8)7-3-4-13-6-7/h1-6H,11-12H2. The maximum Gasteiger partial charge on any atom is 0.0981 e. The largest absolute Gasteiger partial charge is 0.472 e. The van der Waals surface area contributed by atoms with Gasteiger partial charge in [-0.15, -0.1) is 0 Å². The smallest absolute Gasteiger partial charge is 0.0981 e. The van der Waals surface area contributed by atoms with Gasteiger partial charge in [-0.1, -0.05) is 6.07 Å². The summed E-state index contributed by atoms with van der Waals surface area (Å²) in [6.07, 6.45) is 3.27. The number of nitrogen functional groups attached to an aromatic ring is 2. The zero-order valence-corrected chi connectivity index (χ0v) is 7.03. The molecule has 13 heavy (non-hydrogen) atoms.